The lowest BCUT2D eigenvalue weighted by Gasteiger charge is -2.28. The molecule has 0 unspecified atom stereocenters. The van der Waals surface area contributed by atoms with Crippen LogP contribution in [-0.4, -0.2) is 67.4 Å². The molecule has 0 radical (unpaired) electrons. The zero-order valence-corrected chi connectivity index (χ0v) is 23.8. The molecule has 232 valence electrons. The number of morpholine rings is 1. The van der Waals surface area contributed by atoms with Crippen molar-refractivity contribution >= 4 is 17.4 Å². The maximum Gasteiger partial charge on any atom is 0.387 e. The summed E-state index contributed by atoms with van der Waals surface area (Å²) in [5.41, 5.74) is -2.30. The van der Waals surface area contributed by atoms with E-state index in [1.165, 1.54) is 39.5 Å². The van der Waals surface area contributed by atoms with E-state index in [1.807, 2.05) is 4.90 Å². The quantitative estimate of drug-likeness (QED) is 0.278. The van der Waals surface area contributed by atoms with Gasteiger partial charge in [0.05, 0.1) is 33.0 Å². The van der Waals surface area contributed by atoms with Gasteiger partial charge in [-0.1, -0.05) is 0 Å². The lowest BCUT2D eigenvalue weighted by atomic mass is 10.1. The Balaban J connectivity index is 1.66. The molecule has 15 heteroatoms. The van der Waals surface area contributed by atoms with Crippen LogP contribution in [0.4, 0.5) is 29.1 Å². The van der Waals surface area contributed by atoms with Crippen LogP contribution in [0.5, 0.6) is 17.2 Å². The first-order valence-corrected chi connectivity index (χ1v) is 13.2. The van der Waals surface area contributed by atoms with Crippen molar-refractivity contribution in [3.05, 3.63) is 76.1 Å². The highest BCUT2D eigenvalue weighted by molar-refractivity contribution is 6.06. The van der Waals surface area contributed by atoms with E-state index < -0.39 is 41.0 Å². The predicted octanol–water partition coefficient (Wildman–Crippen LogP) is 4.22. The van der Waals surface area contributed by atoms with Crippen LogP contribution < -0.4 is 30.0 Å². The van der Waals surface area contributed by atoms with Gasteiger partial charge >= 0.3 is 6.61 Å². The lowest BCUT2D eigenvalue weighted by Crippen LogP contribution is -2.37. The van der Waals surface area contributed by atoms with Gasteiger partial charge in [-0.25, -0.2) is 13.8 Å². The maximum absolute atomic E-state index is 15.4. The summed E-state index contributed by atoms with van der Waals surface area (Å²) in [6.07, 6.45) is 0. The number of anilines is 2. The summed E-state index contributed by atoms with van der Waals surface area (Å²) in [5, 5.41) is 2.44. The number of aromatic nitrogens is 3. The highest BCUT2D eigenvalue weighted by Crippen LogP contribution is 2.35. The summed E-state index contributed by atoms with van der Waals surface area (Å²) in [4.78, 5) is 33.8. The van der Waals surface area contributed by atoms with Crippen molar-refractivity contribution in [2.45, 2.75) is 6.61 Å². The highest BCUT2D eigenvalue weighted by atomic mass is 19.3. The number of nitrogens with zero attached hydrogens (tertiary/aromatic N) is 4. The Labute approximate surface area is 248 Å². The van der Waals surface area contributed by atoms with Gasteiger partial charge < -0.3 is 29.2 Å². The van der Waals surface area contributed by atoms with E-state index in [1.54, 1.807) is 6.07 Å². The molecule has 0 saturated carbocycles. The summed E-state index contributed by atoms with van der Waals surface area (Å²) >= 11 is 0. The summed E-state index contributed by atoms with van der Waals surface area (Å²) in [6.45, 7) is -1.09. The molecule has 0 atom stereocenters. The van der Waals surface area contributed by atoms with Crippen LogP contribution in [0.25, 0.3) is 17.1 Å². The number of amides is 1. The van der Waals surface area contributed by atoms with Crippen molar-refractivity contribution in [1.82, 2.24) is 14.3 Å². The predicted molar refractivity (Wildman–Crippen MR) is 151 cm³/mol. The number of halogens is 4. The number of rotatable bonds is 9. The maximum atomic E-state index is 15.4. The summed E-state index contributed by atoms with van der Waals surface area (Å²) in [5.74, 6) is -2.41. The number of carbonyl (C=O) groups excluding carboxylic acids is 1. The zero-order chi connectivity index (χ0) is 31.5. The lowest BCUT2D eigenvalue weighted by molar-refractivity contribution is -0.0498. The van der Waals surface area contributed by atoms with E-state index in [0.717, 1.165) is 33.6 Å². The van der Waals surface area contributed by atoms with Crippen molar-refractivity contribution in [2.24, 2.45) is 7.05 Å². The van der Waals surface area contributed by atoms with Crippen LogP contribution in [0.3, 0.4) is 0 Å². The first-order valence-electron chi connectivity index (χ1n) is 13.2. The van der Waals surface area contributed by atoms with E-state index in [-0.39, 0.29) is 28.6 Å². The number of methoxy groups -OCH3 is 2. The molecule has 1 N–H and O–H groups in total. The molecule has 1 amide bonds. The van der Waals surface area contributed by atoms with Crippen LogP contribution >= 0.6 is 0 Å². The summed E-state index contributed by atoms with van der Waals surface area (Å²) in [6, 6.07) is 9.69. The van der Waals surface area contributed by atoms with Gasteiger partial charge in [-0.15, -0.1) is 0 Å². The summed E-state index contributed by atoms with van der Waals surface area (Å²) in [7, 11) is 4.05. The first-order chi connectivity index (χ1) is 21.1. The SMILES string of the molecule is COc1cc(N2CCOCC2)nc(-n2c(=O)c(NC(=O)c3ccc(OC(F)F)cc3)c(-c3c(F)cc(OC)cc3F)n2C)c1. The van der Waals surface area contributed by atoms with Gasteiger partial charge in [0.15, 0.2) is 5.82 Å². The van der Waals surface area contributed by atoms with Crippen molar-refractivity contribution in [3.63, 3.8) is 0 Å². The minimum atomic E-state index is -3.07. The van der Waals surface area contributed by atoms with E-state index in [2.05, 4.69) is 15.0 Å². The molecular weight excluding hydrogens is 590 g/mol. The fourth-order valence-corrected chi connectivity index (χ4v) is 4.79. The van der Waals surface area contributed by atoms with E-state index in [9.17, 15) is 18.4 Å². The second-order valence-electron chi connectivity index (χ2n) is 9.51. The Morgan fingerprint density at radius 3 is 2.11 bits per heavy atom. The van der Waals surface area contributed by atoms with Crippen LogP contribution in [-0.2, 0) is 11.8 Å². The molecule has 5 rings (SSSR count). The molecule has 2 aromatic carbocycles. The third-order valence-electron chi connectivity index (χ3n) is 6.89. The van der Waals surface area contributed by atoms with Gasteiger partial charge in [-0.05, 0) is 24.3 Å². The second kappa shape index (κ2) is 12.7. The molecule has 2 aromatic heterocycles. The van der Waals surface area contributed by atoms with E-state index in [4.69, 9.17) is 14.2 Å². The fourth-order valence-electron chi connectivity index (χ4n) is 4.79. The Bertz CT molecular complexity index is 1710. The van der Waals surface area contributed by atoms with Gasteiger partial charge in [0.25, 0.3) is 11.5 Å². The number of pyridine rings is 1. The van der Waals surface area contributed by atoms with Crippen LogP contribution in [0.2, 0.25) is 0 Å². The Hall–Kier alpha value is -5.05. The van der Waals surface area contributed by atoms with Crippen molar-refractivity contribution in [1.29, 1.82) is 0 Å². The van der Waals surface area contributed by atoms with E-state index in [0.29, 0.717) is 37.9 Å². The zero-order valence-electron chi connectivity index (χ0n) is 23.8. The van der Waals surface area contributed by atoms with Gasteiger partial charge in [-0.2, -0.15) is 13.5 Å². The normalized spacial score (nSPS) is 13.2. The van der Waals surface area contributed by atoms with Crippen molar-refractivity contribution in [3.8, 4) is 34.3 Å². The molecule has 0 spiro atoms. The Kier molecular flexibility index (Phi) is 8.76. The molecule has 3 heterocycles. The molecule has 44 heavy (non-hydrogen) atoms. The van der Waals surface area contributed by atoms with Gasteiger partial charge in [0.2, 0.25) is 0 Å². The number of hydrogen-bond acceptors (Lipinski definition) is 8. The molecule has 1 saturated heterocycles. The number of carbonyl (C=O) groups is 1. The van der Waals surface area contributed by atoms with Gasteiger partial charge in [0.1, 0.15) is 46.1 Å². The minimum absolute atomic E-state index is 0.0443. The van der Waals surface area contributed by atoms with Gasteiger partial charge in [0, 0.05) is 50.0 Å². The summed E-state index contributed by atoms with van der Waals surface area (Å²) < 4.78 is 78.3. The Morgan fingerprint density at radius 1 is 0.932 bits per heavy atom. The highest BCUT2D eigenvalue weighted by Gasteiger charge is 2.29. The van der Waals surface area contributed by atoms with Crippen LogP contribution in [0.15, 0.2) is 53.3 Å². The number of benzene rings is 2. The van der Waals surface area contributed by atoms with Crippen molar-refractivity contribution in [2.75, 3.05) is 50.7 Å². The van der Waals surface area contributed by atoms with Crippen LogP contribution in [0.1, 0.15) is 10.4 Å². The number of hydrogen-bond donors (Lipinski definition) is 1. The van der Waals surface area contributed by atoms with E-state index >= 15 is 8.78 Å². The molecule has 1 aliphatic rings. The standard InChI is InChI=1S/C29H27F4N5O6/c1-36-26(24-20(30)12-18(41-2)13-21(24)31)25(35-27(39)16-4-6-17(7-5-16)44-29(32)33)28(40)38(36)23-15-19(42-3)14-22(34-23)37-8-10-43-11-9-37/h4-7,12-15,29H,8-11H2,1-3H3,(H,35,39). The van der Waals surface area contributed by atoms with Crippen molar-refractivity contribution < 1.29 is 41.3 Å². The molecule has 4 aromatic rings. The Morgan fingerprint density at radius 2 is 1.52 bits per heavy atom. The second-order valence-corrected chi connectivity index (χ2v) is 9.51. The number of ether oxygens (including phenoxy) is 4. The molecule has 1 fully saturated rings. The number of nitrogens with one attached hydrogen (secondary N) is 1. The molecule has 11 nitrogen and oxygen atoms in total. The largest absolute Gasteiger partial charge is 0.497 e. The first kappa shape index (κ1) is 30.4. The van der Waals surface area contributed by atoms with Crippen LogP contribution in [0, 0.1) is 11.6 Å². The minimum Gasteiger partial charge on any atom is -0.497 e. The molecule has 0 aliphatic carbocycles. The molecular formula is C29H27F4N5O6. The molecule has 1 aliphatic heterocycles. The smallest absolute Gasteiger partial charge is 0.387 e. The average molecular weight is 618 g/mol. The topological polar surface area (TPSA) is 109 Å². The fraction of sp³-hybridized carbons (Fsp3) is 0.276. The third-order valence-corrected chi connectivity index (χ3v) is 6.89. The molecule has 0 bridgehead atoms. The van der Waals surface area contributed by atoms with Gasteiger partial charge in [-0.3, -0.25) is 14.3 Å². The average Bonchev–Trinajstić information content (AvgIpc) is 3.25. The monoisotopic (exact) mass is 617 g/mol. The third kappa shape index (κ3) is 6.04. The number of alkyl halides is 2.